The monoisotopic (exact) mass is 185 g/mol. The van der Waals surface area contributed by atoms with Crippen molar-refractivity contribution in [3.8, 4) is 0 Å². The van der Waals surface area contributed by atoms with Crippen molar-refractivity contribution in [3.05, 3.63) is 0 Å². The van der Waals surface area contributed by atoms with Gasteiger partial charge >= 0.3 is 0 Å². The molecule has 1 fully saturated rings. The van der Waals surface area contributed by atoms with Gasteiger partial charge in [-0.05, 0) is 31.2 Å². The first kappa shape index (κ1) is 11.0. The van der Waals surface area contributed by atoms with Gasteiger partial charge in [-0.3, -0.25) is 0 Å². The quantitative estimate of drug-likeness (QED) is 0.725. The predicted octanol–water partition coefficient (Wildman–Crippen LogP) is 2.19. The molecular weight excluding hydrogens is 162 g/mol. The Balaban J connectivity index is 2.52. The molecule has 0 heterocycles. The summed E-state index contributed by atoms with van der Waals surface area (Å²) >= 11 is 0. The van der Waals surface area contributed by atoms with E-state index in [1.165, 1.54) is 19.3 Å². The molecule has 0 aromatic heterocycles. The van der Waals surface area contributed by atoms with E-state index in [0.717, 1.165) is 6.54 Å². The van der Waals surface area contributed by atoms with Gasteiger partial charge in [0, 0.05) is 13.2 Å². The van der Waals surface area contributed by atoms with Gasteiger partial charge in [0.25, 0.3) is 0 Å². The molecule has 1 aliphatic rings. The van der Waals surface area contributed by atoms with Gasteiger partial charge in [0.1, 0.15) is 0 Å². The van der Waals surface area contributed by atoms with E-state index in [4.69, 9.17) is 4.74 Å². The Hall–Kier alpha value is -0.0800. The molecule has 0 aliphatic heterocycles. The molecule has 1 aliphatic carbocycles. The minimum absolute atomic E-state index is 0.399. The smallest absolute Gasteiger partial charge is 0.0729 e. The summed E-state index contributed by atoms with van der Waals surface area (Å²) in [7, 11) is 1.83. The molecule has 2 heteroatoms. The molecule has 2 nitrogen and oxygen atoms in total. The van der Waals surface area contributed by atoms with E-state index in [2.05, 4.69) is 26.1 Å². The summed E-state index contributed by atoms with van der Waals surface area (Å²) in [6, 6.07) is 0.539. The summed E-state index contributed by atoms with van der Waals surface area (Å²) in [5.41, 5.74) is 0.399. The van der Waals surface area contributed by atoms with E-state index in [0.29, 0.717) is 17.6 Å². The molecule has 13 heavy (non-hydrogen) atoms. The summed E-state index contributed by atoms with van der Waals surface area (Å²) in [6.07, 6.45) is 4.09. The minimum Gasteiger partial charge on any atom is -0.380 e. The second-order valence-electron chi connectivity index (χ2n) is 4.73. The molecule has 0 aromatic carbocycles. The standard InChI is InChI=1S/C11H23NO/c1-5-8-12-10-9(13-4)6-7-11(10,2)3/h9-10,12H,5-8H2,1-4H3. The number of nitrogens with one attached hydrogen (secondary N) is 1. The van der Waals surface area contributed by atoms with Crippen molar-refractivity contribution in [3.63, 3.8) is 0 Å². The van der Waals surface area contributed by atoms with Crippen LogP contribution in [0.3, 0.4) is 0 Å². The van der Waals surface area contributed by atoms with E-state index in [1.807, 2.05) is 7.11 Å². The Labute approximate surface area is 82.0 Å². The zero-order valence-electron chi connectivity index (χ0n) is 9.39. The fourth-order valence-electron chi connectivity index (χ4n) is 2.30. The van der Waals surface area contributed by atoms with E-state index in [1.54, 1.807) is 0 Å². The van der Waals surface area contributed by atoms with Gasteiger partial charge < -0.3 is 10.1 Å². The summed E-state index contributed by atoms with van der Waals surface area (Å²) < 4.78 is 5.49. The average Bonchev–Trinajstić information content (AvgIpc) is 2.37. The highest BCUT2D eigenvalue weighted by Gasteiger charge is 2.41. The second-order valence-corrected chi connectivity index (χ2v) is 4.73. The highest BCUT2D eigenvalue weighted by atomic mass is 16.5. The molecule has 0 saturated heterocycles. The molecule has 0 amide bonds. The van der Waals surface area contributed by atoms with Gasteiger partial charge in [-0.1, -0.05) is 20.8 Å². The lowest BCUT2D eigenvalue weighted by Gasteiger charge is -2.31. The van der Waals surface area contributed by atoms with Crippen LogP contribution in [-0.2, 0) is 4.74 Å². The normalized spacial score (nSPS) is 32.3. The van der Waals surface area contributed by atoms with Crippen LogP contribution in [-0.4, -0.2) is 25.8 Å². The number of hydrogen-bond acceptors (Lipinski definition) is 2. The molecule has 1 rings (SSSR count). The van der Waals surface area contributed by atoms with E-state index >= 15 is 0 Å². The first-order chi connectivity index (χ1) is 6.11. The van der Waals surface area contributed by atoms with Crippen LogP contribution in [0.25, 0.3) is 0 Å². The van der Waals surface area contributed by atoms with Crippen molar-refractivity contribution < 1.29 is 4.74 Å². The van der Waals surface area contributed by atoms with Gasteiger partial charge in [-0.2, -0.15) is 0 Å². The highest BCUT2D eigenvalue weighted by Crippen LogP contribution is 2.38. The summed E-state index contributed by atoms with van der Waals surface area (Å²) in [6.45, 7) is 7.98. The summed E-state index contributed by atoms with van der Waals surface area (Å²) in [5.74, 6) is 0. The van der Waals surface area contributed by atoms with Crippen molar-refractivity contribution in [2.75, 3.05) is 13.7 Å². The van der Waals surface area contributed by atoms with Crippen LogP contribution in [0, 0.1) is 5.41 Å². The van der Waals surface area contributed by atoms with Gasteiger partial charge in [-0.25, -0.2) is 0 Å². The summed E-state index contributed by atoms with van der Waals surface area (Å²) in [5, 5.41) is 3.60. The van der Waals surface area contributed by atoms with Crippen molar-refractivity contribution in [2.24, 2.45) is 5.41 Å². The Morgan fingerprint density at radius 3 is 2.69 bits per heavy atom. The molecule has 1 N–H and O–H groups in total. The average molecular weight is 185 g/mol. The Morgan fingerprint density at radius 2 is 2.15 bits per heavy atom. The highest BCUT2D eigenvalue weighted by molar-refractivity contribution is 4.96. The van der Waals surface area contributed by atoms with Crippen LogP contribution in [0.1, 0.15) is 40.0 Å². The lowest BCUT2D eigenvalue weighted by atomic mass is 9.87. The van der Waals surface area contributed by atoms with Crippen molar-refractivity contribution in [1.82, 2.24) is 5.32 Å². The third-order valence-corrected chi connectivity index (χ3v) is 3.20. The predicted molar refractivity (Wildman–Crippen MR) is 55.9 cm³/mol. The lowest BCUT2D eigenvalue weighted by Crippen LogP contribution is -2.45. The molecule has 2 unspecified atom stereocenters. The maximum atomic E-state index is 5.49. The fourth-order valence-corrected chi connectivity index (χ4v) is 2.30. The van der Waals surface area contributed by atoms with E-state index < -0.39 is 0 Å². The second kappa shape index (κ2) is 4.43. The van der Waals surface area contributed by atoms with Crippen LogP contribution in [0.2, 0.25) is 0 Å². The molecule has 0 spiro atoms. The van der Waals surface area contributed by atoms with E-state index in [-0.39, 0.29) is 0 Å². The SMILES string of the molecule is CCCNC1C(OC)CCC1(C)C. The molecule has 0 aromatic rings. The number of hydrogen-bond donors (Lipinski definition) is 1. The zero-order chi connectivity index (χ0) is 9.90. The molecular formula is C11H23NO. The Morgan fingerprint density at radius 1 is 1.46 bits per heavy atom. The number of ether oxygens (including phenoxy) is 1. The van der Waals surface area contributed by atoms with Crippen LogP contribution < -0.4 is 5.32 Å². The molecule has 78 valence electrons. The number of rotatable bonds is 4. The lowest BCUT2D eigenvalue weighted by molar-refractivity contribution is 0.0667. The topological polar surface area (TPSA) is 21.3 Å². The maximum absolute atomic E-state index is 5.49. The van der Waals surface area contributed by atoms with Crippen molar-refractivity contribution >= 4 is 0 Å². The molecule has 0 radical (unpaired) electrons. The van der Waals surface area contributed by atoms with Gasteiger partial charge in [-0.15, -0.1) is 0 Å². The van der Waals surface area contributed by atoms with Crippen molar-refractivity contribution in [1.29, 1.82) is 0 Å². The van der Waals surface area contributed by atoms with E-state index in [9.17, 15) is 0 Å². The molecule has 1 saturated carbocycles. The Kier molecular flexibility index (Phi) is 3.74. The van der Waals surface area contributed by atoms with Crippen LogP contribution in [0.5, 0.6) is 0 Å². The third-order valence-electron chi connectivity index (χ3n) is 3.20. The minimum atomic E-state index is 0.399. The first-order valence-corrected chi connectivity index (χ1v) is 5.38. The first-order valence-electron chi connectivity index (χ1n) is 5.38. The Bertz CT molecular complexity index is 156. The third kappa shape index (κ3) is 2.44. The van der Waals surface area contributed by atoms with Crippen LogP contribution in [0.15, 0.2) is 0 Å². The van der Waals surface area contributed by atoms with Crippen molar-refractivity contribution in [2.45, 2.75) is 52.2 Å². The largest absolute Gasteiger partial charge is 0.380 e. The zero-order valence-corrected chi connectivity index (χ0v) is 9.39. The van der Waals surface area contributed by atoms with Gasteiger partial charge in [0.05, 0.1) is 6.10 Å². The fraction of sp³-hybridized carbons (Fsp3) is 1.00. The van der Waals surface area contributed by atoms with Crippen LogP contribution in [0.4, 0.5) is 0 Å². The maximum Gasteiger partial charge on any atom is 0.0729 e. The summed E-state index contributed by atoms with van der Waals surface area (Å²) in [4.78, 5) is 0. The molecule has 2 atom stereocenters. The molecule has 0 bridgehead atoms. The van der Waals surface area contributed by atoms with Crippen LogP contribution >= 0.6 is 0 Å². The number of methoxy groups -OCH3 is 1. The van der Waals surface area contributed by atoms with Gasteiger partial charge in [0.2, 0.25) is 0 Å². The van der Waals surface area contributed by atoms with Gasteiger partial charge in [0.15, 0.2) is 0 Å².